The normalized spacial score (nSPS) is 12.3. The predicted octanol–water partition coefficient (Wildman–Crippen LogP) is 3.25. The zero-order chi connectivity index (χ0) is 13.0. The van der Waals surface area contributed by atoms with Gasteiger partial charge in [0.15, 0.2) is 0 Å². The number of nitrogens with two attached hydrogens (primary N) is 1. The first-order valence-corrected chi connectivity index (χ1v) is 7.21. The van der Waals surface area contributed by atoms with Crippen molar-refractivity contribution in [2.24, 2.45) is 0 Å². The Bertz CT molecular complexity index is 519. The average molecular weight is 325 g/mol. The van der Waals surface area contributed by atoms with Crippen molar-refractivity contribution in [3.63, 3.8) is 0 Å². The molecule has 2 rings (SSSR count). The zero-order valence-corrected chi connectivity index (χ0v) is 12.0. The maximum absolute atomic E-state index is 10.1. The van der Waals surface area contributed by atoms with Crippen molar-refractivity contribution in [2.45, 2.75) is 11.0 Å². The van der Waals surface area contributed by atoms with Gasteiger partial charge in [0, 0.05) is 26.9 Å². The van der Waals surface area contributed by atoms with E-state index >= 15 is 0 Å². The van der Waals surface area contributed by atoms with Gasteiger partial charge >= 0.3 is 0 Å². The first-order chi connectivity index (χ1) is 8.66. The number of aliphatic hydroxyl groups is 1. The van der Waals surface area contributed by atoms with Crippen LogP contribution in [0.3, 0.4) is 0 Å². The number of nitrogens with zero attached hydrogens (tertiary/aromatic N) is 1. The van der Waals surface area contributed by atoms with Crippen LogP contribution in [0.1, 0.15) is 11.7 Å². The Kier molecular flexibility index (Phi) is 4.63. The minimum Gasteiger partial charge on any atom is -0.387 e. The number of aliphatic hydroxyl groups excluding tert-OH is 1. The highest BCUT2D eigenvalue weighted by atomic mass is 79.9. The van der Waals surface area contributed by atoms with Crippen molar-refractivity contribution in [1.82, 2.24) is 4.98 Å². The van der Waals surface area contributed by atoms with Crippen LogP contribution in [-0.2, 0) is 0 Å². The quantitative estimate of drug-likeness (QED) is 0.847. The van der Waals surface area contributed by atoms with Gasteiger partial charge in [-0.3, -0.25) is 0 Å². The summed E-state index contributed by atoms with van der Waals surface area (Å²) < 4.78 is 1.05. The monoisotopic (exact) mass is 324 g/mol. The van der Waals surface area contributed by atoms with E-state index in [4.69, 9.17) is 5.73 Å². The third-order valence-corrected chi connectivity index (χ3v) is 4.07. The van der Waals surface area contributed by atoms with E-state index in [1.807, 2.05) is 24.3 Å². The lowest BCUT2D eigenvalue weighted by molar-refractivity contribution is 0.204. The second-order valence-corrected chi connectivity index (χ2v) is 5.77. The van der Waals surface area contributed by atoms with Crippen molar-refractivity contribution < 1.29 is 5.11 Å². The van der Waals surface area contributed by atoms with Crippen LogP contribution in [0, 0.1) is 0 Å². The SMILES string of the molecule is Nc1ncccc1C(O)CSc1ccc(Br)cc1. The highest BCUT2D eigenvalue weighted by Gasteiger charge is 2.11. The zero-order valence-electron chi connectivity index (χ0n) is 9.58. The van der Waals surface area contributed by atoms with Gasteiger partial charge in [0.25, 0.3) is 0 Å². The van der Waals surface area contributed by atoms with Crippen molar-refractivity contribution in [2.75, 3.05) is 11.5 Å². The van der Waals surface area contributed by atoms with Crippen LogP contribution in [0.2, 0.25) is 0 Å². The van der Waals surface area contributed by atoms with Gasteiger partial charge in [-0.2, -0.15) is 0 Å². The Labute approximate surface area is 119 Å². The van der Waals surface area contributed by atoms with Gasteiger partial charge in [-0.1, -0.05) is 22.0 Å². The van der Waals surface area contributed by atoms with Crippen molar-refractivity contribution in [3.8, 4) is 0 Å². The lowest BCUT2D eigenvalue weighted by Crippen LogP contribution is -2.05. The molecule has 1 unspecified atom stereocenters. The number of hydrogen-bond donors (Lipinski definition) is 2. The topological polar surface area (TPSA) is 59.1 Å². The molecule has 0 spiro atoms. The van der Waals surface area contributed by atoms with Gasteiger partial charge in [-0.15, -0.1) is 11.8 Å². The molecule has 1 atom stereocenters. The van der Waals surface area contributed by atoms with Crippen LogP contribution >= 0.6 is 27.7 Å². The molecule has 0 radical (unpaired) electrons. The Morgan fingerprint density at radius 2 is 2.00 bits per heavy atom. The Morgan fingerprint density at radius 1 is 1.28 bits per heavy atom. The van der Waals surface area contributed by atoms with Gasteiger partial charge in [0.05, 0.1) is 6.10 Å². The third-order valence-electron chi connectivity index (χ3n) is 2.45. The summed E-state index contributed by atoms with van der Waals surface area (Å²) in [4.78, 5) is 5.08. The van der Waals surface area contributed by atoms with E-state index in [0.29, 0.717) is 17.1 Å². The molecule has 1 aromatic carbocycles. The van der Waals surface area contributed by atoms with E-state index in [1.165, 1.54) is 0 Å². The second kappa shape index (κ2) is 6.22. The number of hydrogen-bond acceptors (Lipinski definition) is 4. The number of rotatable bonds is 4. The number of thioether (sulfide) groups is 1. The molecule has 0 amide bonds. The first kappa shape index (κ1) is 13.4. The number of pyridine rings is 1. The lowest BCUT2D eigenvalue weighted by Gasteiger charge is -2.12. The molecule has 0 aliphatic carbocycles. The van der Waals surface area contributed by atoms with E-state index in [-0.39, 0.29) is 0 Å². The molecule has 2 aromatic rings. The van der Waals surface area contributed by atoms with Gasteiger partial charge in [-0.25, -0.2) is 4.98 Å². The molecule has 5 heteroatoms. The number of nitrogen functional groups attached to an aromatic ring is 1. The number of anilines is 1. The molecule has 18 heavy (non-hydrogen) atoms. The Morgan fingerprint density at radius 3 is 2.67 bits per heavy atom. The van der Waals surface area contributed by atoms with E-state index < -0.39 is 6.10 Å². The molecule has 0 aliphatic rings. The van der Waals surface area contributed by atoms with E-state index in [9.17, 15) is 5.11 Å². The lowest BCUT2D eigenvalue weighted by atomic mass is 10.2. The van der Waals surface area contributed by atoms with E-state index in [0.717, 1.165) is 9.37 Å². The largest absolute Gasteiger partial charge is 0.387 e. The van der Waals surface area contributed by atoms with E-state index in [1.54, 1.807) is 30.1 Å². The molecule has 1 aromatic heterocycles. The third kappa shape index (κ3) is 3.48. The number of benzene rings is 1. The molecule has 0 fully saturated rings. The highest BCUT2D eigenvalue weighted by molar-refractivity contribution is 9.10. The minimum absolute atomic E-state index is 0.390. The van der Waals surface area contributed by atoms with Gasteiger partial charge in [0.2, 0.25) is 0 Å². The highest BCUT2D eigenvalue weighted by Crippen LogP contribution is 2.27. The Balaban J connectivity index is 1.98. The molecule has 0 saturated heterocycles. The van der Waals surface area contributed by atoms with Gasteiger partial charge < -0.3 is 10.8 Å². The summed E-state index contributed by atoms with van der Waals surface area (Å²) in [5.74, 6) is 0.943. The minimum atomic E-state index is -0.604. The average Bonchev–Trinajstić information content (AvgIpc) is 2.38. The van der Waals surface area contributed by atoms with Crippen LogP contribution in [-0.4, -0.2) is 15.8 Å². The summed E-state index contributed by atoms with van der Waals surface area (Å²) in [6.45, 7) is 0. The van der Waals surface area contributed by atoms with E-state index in [2.05, 4.69) is 20.9 Å². The van der Waals surface area contributed by atoms with Crippen molar-refractivity contribution >= 4 is 33.5 Å². The number of aromatic nitrogens is 1. The molecule has 0 saturated carbocycles. The maximum atomic E-state index is 10.1. The molecule has 3 N–H and O–H groups in total. The number of halogens is 1. The second-order valence-electron chi connectivity index (χ2n) is 3.76. The maximum Gasteiger partial charge on any atom is 0.129 e. The standard InChI is InChI=1S/C13H13BrN2OS/c14-9-3-5-10(6-4-9)18-8-12(17)11-2-1-7-16-13(11)15/h1-7,12,17H,8H2,(H2,15,16). The molecule has 3 nitrogen and oxygen atoms in total. The smallest absolute Gasteiger partial charge is 0.129 e. The molecule has 94 valence electrons. The summed E-state index contributed by atoms with van der Waals surface area (Å²) in [5, 5.41) is 10.1. The predicted molar refractivity (Wildman–Crippen MR) is 78.5 cm³/mol. The molecule has 1 heterocycles. The molecule has 0 bridgehead atoms. The summed E-state index contributed by atoms with van der Waals surface area (Å²) in [5.41, 5.74) is 6.41. The first-order valence-electron chi connectivity index (χ1n) is 5.43. The fraction of sp³-hybridized carbons (Fsp3) is 0.154. The summed E-state index contributed by atoms with van der Waals surface area (Å²) in [6, 6.07) is 11.6. The van der Waals surface area contributed by atoms with Crippen LogP contribution in [0.15, 0.2) is 52.0 Å². The summed E-state index contributed by atoms with van der Waals surface area (Å²) in [7, 11) is 0. The van der Waals surface area contributed by atoms with Crippen LogP contribution < -0.4 is 5.73 Å². The van der Waals surface area contributed by atoms with Crippen molar-refractivity contribution in [1.29, 1.82) is 0 Å². The molecule has 0 aliphatic heterocycles. The van der Waals surface area contributed by atoms with Gasteiger partial charge in [0.1, 0.15) is 5.82 Å². The Hall–Kier alpha value is -1.04. The summed E-state index contributed by atoms with van der Waals surface area (Å²) in [6.07, 6.45) is 1.01. The van der Waals surface area contributed by atoms with Crippen LogP contribution in [0.25, 0.3) is 0 Å². The van der Waals surface area contributed by atoms with Crippen molar-refractivity contribution in [3.05, 3.63) is 52.6 Å². The van der Waals surface area contributed by atoms with Gasteiger partial charge in [-0.05, 0) is 30.3 Å². The fourth-order valence-corrected chi connectivity index (χ4v) is 2.63. The fourth-order valence-electron chi connectivity index (χ4n) is 1.51. The summed E-state index contributed by atoms with van der Waals surface area (Å²) >= 11 is 4.97. The van der Waals surface area contributed by atoms with Crippen LogP contribution in [0.4, 0.5) is 5.82 Å². The molecular weight excluding hydrogens is 312 g/mol. The van der Waals surface area contributed by atoms with Crippen LogP contribution in [0.5, 0.6) is 0 Å². The molecular formula is C13H13BrN2OS.